The van der Waals surface area contributed by atoms with Crippen molar-refractivity contribution in [1.29, 1.82) is 0 Å². The van der Waals surface area contributed by atoms with Crippen molar-refractivity contribution >= 4 is 0 Å². The molecule has 1 aliphatic rings. The van der Waals surface area contributed by atoms with Gasteiger partial charge in [0.25, 0.3) is 0 Å². The fourth-order valence-corrected chi connectivity index (χ4v) is 2.85. The molecule has 1 aliphatic carbocycles. The van der Waals surface area contributed by atoms with Crippen molar-refractivity contribution in [2.75, 3.05) is 6.54 Å². The molecule has 0 aromatic carbocycles. The van der Waals surface area contributed by atoms with Crippen molar-refractivity contribution in [3.8, 4) is 0 Å². The van der Waals surface area contributed by atoms with E-state index in [1.165, 1.54) is 37.7 Å². The molecule has 0 aliphatic heterocycles. The zero-order valence-electron chi connectivity index (χ0n) is 11.2. The highest BCUT2D eigenvalue weighted by molar-refractivity contribution is 5.03. The largest absolute Gasteiger partial charge is 0.314 e. The SMILES string of the molecule is CC(NCCc1cnn(C)c1)C1CCCCC1. The van der Waals surface area contributed by atoms with Gasteiger partial charge in [0, 0.05) is 19.3 Å². The first-order chi connectivity index (χ1) is 8.25. The van der Waals surface area contributed by atoms with Crippen LogP contribution in [0, 0.1) is 5.92 Å². The van der Waals surface area contributed by atoms with Crippen LogP contribution in [0.15, 0.2) is 12.4 Å². The number of rotatable bonds is 5. The van der Waals surface area contributed by atoms with Gasteiger partial charge in [0.2, 0.25) is 0 Å². The van der Waals surface area contributed by atoms with E-state index in [1.54, 1.807) is 0 Å². The molecular formula is C14H25N3. The smallest absolute Gasteiger partial charge is 0.0522 e. The molecule has 2 rings (SSSR count). The van der Waals surface area contributed by atoms with Gasteiger partial charge in [-0.15, -0.1) is 0 Å². The first-order valence-corrected chi connectivity index (χ1v) is 6.96. The second-order valence-corrected chi connectivity index (χ2v) is 5.41. The number of nitrogens with zero attached hydrogens (tertiary/aromatic N) is 2. The zero-order chi connectivity index (χ0) is 12.1. The maximum absolute atomic E-state index is 4.19. The van der Waals surface area contributed by atoms with Crippen molar-refractivity contribution in [2.24, 2.45) is 13.0 Å². The molecule has 1 heterocycles. The fourth-order valence-electron chi connectivity index (χ4n) is 2.85. The van der Waals surface area contributed by atoms with Crippen LogP contribution in [0.25, 0.3) is 0 Å². The Morgan fingerprint density at radius 2 is 2.18 bits per heavy atom. The van der Waals surface area contributed by atoms with Crippen LogP contribution in [-0.2, 0) is 13.5 Å². The summed E-state index contributed by atoms with van der Waals surface area (Å²) >= 11 is 0. The second kappa shape index (κ2) is 6.20. The summed E-state index contributed by atoms with van der Waals surface area (Å²) in [4.78, 5) is 0. The van der Waals surface area contributed by atoms with Crippen LogP contribution >= 0.6 is 0 Å². The minimum Gasteiger partial charge on any atom is -0.314 e. The molecule has 3 nitrogen and oxygen atoms in total. The molecule has 1 N–H and O–H groups in total. The summed E-state index contributed by atoms with van der Waals surface area (Å²) in [5.74, 6) is 0.901. The number of hydrogen-bond acceptors (Lipinski definition) is 2. The molecule has 0 radical (unpaired) electrons. The van der Waals surface area contributed by atoms with Gasteiger partial charge in [-0.3, -0.25) is 4.68 Å². The molecule has 0 saturated heterocycles. The number of aryl methyl sites for hydroxylation is 1. The topological polar surface area (TPSA) is 29.9 Å². The third kappa shape index (κ3) is 3.84. The number of nitrogens with one attached hydrogen (secondary N) is 1. The van der Waals surface area contributed by atoms with Crippen LogP contribution in [0.4, 0.5) is 0 Å². The Hall–Kier alpha value is -0.830. The van der Waals surface area contributed by atoms with Gasteiger partial charge in [-0.1, -0.05) is 19.3 Å². The Kier molecular flexibility index (Phi) is 4.60. The third-order valence-electron chi connectivity index (χ3n) is 4.00. The van der Waals surface area contributed by atoms with Gasteiger partial charge >= 0.3 is 0 Å². The molecule has 3 heteroatoms. The summed E-state index contributed by atoms with van der Waals surface area (Å²) < 4.78 is 1.87. The van der Waals surface area contributed by atoms with Gasteiger partial charge in [0.1, 0.15) is 0 Å². The van der Waals surface area contributed by atoms with E-state index in [4.69, 9.17) is 0 Å². The van der Waals surface area contributed by atoms with Gasteiger partial charge in [0.15, 0.2) is 0 Å². The van der Waals surface area contributed by atoms with E-state index < -0.39 is 0 Å². The predicted molar refractivity (Wildman–Crippen MR) is 71.0 cm³/mol. The summed E-state index contributed by atoms with van der Waals surface area (Å²) in [6, 6.07) is 0.673. The fraction of sp³-hybridized carbons (Fsp3) is 0.786. The first kappa shape index (κ1) is 12.6. The monoisotopic (exact) mass is 235 g/mol. The van der Waals surface area contributed by atoms with Crippen molar-refractivity contribution in [1.82, 2.24) is 15.1 Å². The van der Waals surface area contributed by atoms with E-state index in [2.05, 4.69) is 23.5 Å². The molecule has 0 bridgehead atoms. The summed E-state index contributed by atoms with van der Waals surface area (Å²) in [6.07, 6.45) is 12.3. The van der Waals surface area contributed by atoms with Crippen LogP contribution in [-0.4, -0.2) is 22.4 Å². The summed E-state index contributed by atoms with van der Waals surface area (Å²) in [5.41, 5.74) is 1.33. The zero-order valence-corrected chi connectivity index (χ0v) is 11.2. The van der Waals surface area contributed by atoms with Gasteiger partial charge in [-0.2, -0.15) is 5.10 Å². The quantitative estimate of drug-likeness (QED) is 0.850. The predicted octanol–water partition coefficient (Wildman–Crippen LogP) is 2.52. The van der Waals surface area contributed by atoms with Crippen LogP contribution < -0.4 is 5.32 Å². The average Bonchev–Trinajstić information content (AvgIpc) is 2.76. The third-order valence-corrected chi connectivity index (χ3v) is 4.00. The second-order valence-electron chi connectivity index (χ2n) is 5.41. The van der Waals surface area contributed by atoms with E-state index in [0.717, 1.165) is 18.9 Å². The highest BCUT2D eigenvalue weighted by Gasteiger charge is 2.19. The van der Waals surface area contributed by atoms with E-state index in [9.17, 15) is 0 Å². The highest BCUT2D eigenvalue weighted by atomic mass is 15.2. The van der Waals surface area contributed by atoms with Crippen LogP contribution in [0.5, 0.6) is 0 Å². The van der Waals surface area contributed by atoms with E-state index in [-0.39, 0.29) is 0 Å². The number of aromatic nitrogens is 2. The molecule has 1 aromatic rings. The Labute approximate surface area is 105 Å². The summed E-state index contributed by atoms with van der Waals surface area (Å²) in [6.45, 7) is 3.42. The van der Waals surface area contributed by atoms with Gasteiger partial charge in [-0.05, 0) is 44.2 Å². The van der Waals surface area contributed by atoms with E-state index >= 15 is 0 Å². The molecule has 96 valence electrons. The lowest BCUT2D eigenvalue weighted by Crippen LogP contribution is -2.35. The highest BCUT2D eigenvalue weighted by Crippen LogP contribution is 2.26. The molecule has 1 saturated carbocycles. The molecule has 1 fully saturated rings. The number of hydrogen-bond donors (Lipinski definition) is 1. The Bertz CT molecular complexity index is 326. The molecule has 1 aromatic heterocycles. The van der Waals surface area contributed by atoms with Gasteiger partial charge < -0.3 is 5.32 Å². The van der Waals surface area contributed by atoms with Crippen LogP contribution in [0.2, 0.25) is 0 Å². The Morgan fingerprint density at radius 3 is 2.82 bits per heavy atom. The van der Waals surface area contributed by atoms with E-state index in [0.29, 0.717) is 6.04 Å². The minimum atomic E-state index is 0.673. The van der Waals surface area contributed by atoms with Crippen molar-refractivity contribution in [2.45, 2.75) is 51.5 Å². The average molecular weight is 235 g/mol. The Balaban J connectivity index is 1.67. The maximum atomic E-state index is 4.19. The lowest BCUT2D eigenvalue weighted by atomic mass is 9.84. The lowest BCUT2D eigenvalue weighted by molar-refractivity contribution is 0.283. The Morgan fingerprint density at radius 1 is 1.41 bits per heavy atom. The molecule has 17 heavy (non-hydrogen) atoms. The van der Waals surface area contributed by atoms with Gasteiger partial charge in [0.05, 0.1) is 6.20 Å². The summed E-state index contributed by atoms with van der Waals surface area (Å²) in [5, 5.41) is 7.87. The lowest BCUT2D eigenvalue weighted by Gasteiger charge is -2.28. The normalized spacial score (nSPS) is 19.4. The molecule has 1 unspecified atom stereocenters. The minimum absolute atomic E-state index is 0.673. The van der Waals surface area contributed by atoms with E-state index in [1.807, 2.05) is 17.9 Å². The van der Waals surface area contributed by atoms with Gasteiger partial charge in [-0.25, -0.2) is 0 Å². The molecule has 0 spiro atoms. The van der Waals surface area contributed by atoms with Crippen molar-refractivity contribution < 1.29 is 0 Å². The van der Waals surface area contributed by atoms with Crippen LogP contribution in [0.3, 0.4) is 0 Å². The molecule has 1 atom stereocenters. The van der Waals surface area contributed by atoms with Crippen LogP contribution in [0.1, 0.15) is 44.6 Å². The first-order valence-electron chi connectivity index (χ1n) is 6.96. The summed E-state index contributed by atoms with van der Waals surface area (Å²) in [7, 11) is 1.97. The maximum Gasteiger partial charge on any atom is 0.0522 e. The standard InChI is InChI=1S/C14H25N3/c1-12(14-6-4-3-5-7-14)15-9-8-13-10-16-17(2)11-13/h10-12,14-15H,3-9H2,1-2H3. The molecular weight excluding hydrogens is 210 g/mol. The van der Waals surface area contributed by atoms with Crippen molar-refractivity contribution in [3.05, 3.63) is 18.0 Å². The van der Waals surface area contributed by atoms with Crippen molar-refractivity contribution in [3.63, 3.8) is 0 Å². The molecule has 0 amide bonds.